The first-order valence-corrected chi connectivity index (χ1v) is 30.4. The lowest BCUT2D eigenvalue weighted by Crippen LogP contribution is -3.61. The lowest BCUT2D eigenvalue weighted by atomic mass is 10.3. The van der Waals surface area contributed by atoms with Gasteiger partial charge in [0, 0.05) is 22.3 Å². The second-order valence-electron chi connectivity index (χ2n) is 13.2. The van der Waals surface area contributed by atoms with Gasteiger partial charge in [0.2, 0.25) is 20.0 Å². The summed E-state index contributed by atoms with van der Waals surface area (Å²) in [6, 6.07) is 66.4. The molecule has 0 unspecified atom stereocenters. The minimum atomic E-state index is -3.92. The van der Waals surface area contributed by atoms with Crippen LogP contribution < -0.4 is 30.6 Å². The van der Waals surface area contributed by atoms with E-state index in [-0.39, 0.29) is 32.1 Å². The normalized spacial score (nSPS) is 11.1. The van der Waals surface area contributed by atoms with Crippen LogP contribution in [-0.2, 0) is 51.2 Å². The predicted molar refractivity (Wildman–Crippen MR) is 257 cm³/mol. The van der Waals surface area contributed by atoms with E-state index in [9.17, 15) is 16.8 Å². The number of hydrogen-bond acceptors (Lipinski definition) is 11. The van der Waals surface area contributed by atoms with Gasteiger partial charge in [-0.25, -0.2) is 33.7 Å². The number of nitrogens with one attached hydrogen (secondary N) is 2. The molecule has 0 aromatic heterocycles. The van der Waals surface area contributed by atoms with Crippen molar-refractivity contribution in [1.29, 1.82) is 0 Å². The topological polar surface area (TPSA) is 207 Å². The molecule has 0 aliphatic rings. The van der Waals surface area contributed by atoms with E-state index in [2.05, 4.69) is 94.4 Å². The van der Waals surface area contributed by atoms with Crippen LogP contribution in [0.4, 0.5) is 11.4 Å². The highest BCUT2D eigenvalue weighted by Gasteiger charge is 2.31. The molecule has 0 saturated carbocycles. The van der Waals surface area contributed by atoms with E-state index in [0.717, 1.165) is 30.7 Å². The van der Waals surface area contributed by atoms with Crippen molar-refractivity contribution in [1.82, 2.24) is 0 Å². The molecule has 0 spiro atoms. The molecule has 0 saturated heterocycles. The molecule has 7 rings (SSSR count). The van der Waals surface area contributed by atoms with E-state index in [1.165, 1.54) is 25.2 Å². The Bertz CT molecular complexity index is 2820. The molecule has 0 aliphatic heterocycles. The van der Waals surface area contributed by atoms with Crippen LogP contribution >= 0.6 is 11.8 Å². The summed E-state index contributed by atoms with van der Waals surface area (Å²) in [6.07, 6.45) is 3.53. The van der Waals surface area contributed by atoms with E-state index in [0.29, 0.717) is 23.9 Å². The molecule has 0 radical (unpaired) electrons. The van der Waals surface area contributed by atoms with Gasteiger partial charge in [0.15, 0.2) is 21.8 Å². The first kappa shape index (κ1) is 54.6. The lowest BCUT2D eigenvalue weighted by Gasteiger charge is -2.12. The molecule has 65 heavy (non-hydrogen) atoms. The van der Waals surface area contributed by atoms with Crippen molar-refractivity contribution in [2.75, 3.05) is 34.5 Å². The van der Waals surface area contributed by atoms with Gasteiger partial charge in [-0.05, 0) is 84.9 Å². The van der Waals surface area contributed by atoms with Crippen LogP contribution in [0.5, 0.6) is 0 Å². The molecule has 344 valence electrons. The number of rotatable bonds is 11. The Hall–Kier alpha value is -4.71. The lowest BCUT2D eigenvalue weighted by molar-refractivity contribution is -0.597. The molecule has 12 nitrogen and oxygen atoms in total. The predicted octanol–water partition coefficient (Wildman–Crippen LogP) is 5.50. The molecule has 0 fully saturated rings. The zero-order chi connectivity index (χ0) is 47.9. The van der Waals surface area contributed by atoms with Gasteiger partial charge in [-0.3, -0.25) is 9.44 Å². The van der Waals surface area contributed by atoms with E-state index in [1.54, 1.807) is 6.07 Å². The third kappa shape index (κ3) is 25.5. The zero-order valence-electron chi connectivity index (χ0n) is 35.5. The van der Waals surface area contributed by atoms with Crippen LogP contribution in [0, 0.1) is 7.14 Å². The quantitative estimate of drug-likeness (QED) is 0.0940. The third-order valence-electron chi connectivity index (χ3n) is 7.20. The highest BCUT2D eigenvalue weighted by molar-refractivity contribution is 7.99. The molecular formula is C46H47IN2O10S6. The second kappa shape index (κ2) is 27.1. The monoisotopic (exact) mass is 1110 g/mol. The molecule has 2 N–H and O–H groups in total. The Balaban J connectivity index is 0.000000241. The van der Waals surface area contributed by atoms with Crippen molar-refractivity contribution in [3.8, 4) is 0 Å². The van der Waals surface area contributed by atoms with Crippen LogP contribution in [0.3, 0.4) is 0 Å². The summed E-state index contributed by atoms with van der Waals surface area (Å²) in [5.41, 5.74) is 1.23. The molecule has 7 aromatic rings. The average molecular weight is 1110 g/mol. The standard InChI is InChI=1S/C19H18NO2S2.C13H13NO2S2.C12H10I.2CH4O3S/c1-24(21,22)20-18-14-8-9-15-19(18)23(16-10-4-2-5-11-16)17-12-6-3-7-13-17;1-18(15,16)14-12-9-5-6-10-13(12)17-11-7-3-2-4-8-11;1-3-7-11(8-4-1)13-12-9-5-2-6-10-12;2*1-5(2,3)4/h2-15,20H,1H3;2-10,14H,1H3;1-10H;2*1H3,(H,2,3,4)/q+1;;+1;;/p-2. The fourth-order valence-electron chi connectivity index (χ4n) is 4.97. The highest BCUT2D eigenvalue weighted by atomic mass is 127. The zero-order valence-corrected chi connectivity index (χ0v) is 42.5. The largest absolute Gasteiger partial charge is 0.748 e. The molecular weight excluding hydrogens is 1060 g/mol. The third-order valence-corrected chi connectivity index (χ3v) is 14.4. The van der Waals surface area contributed by atoms with Crippen LogP contribution in [0.1, 0.15) is 0 Å². The maximum absolute atomic E-state index is 11.7. The second-order valence-corrected chi connectivity index (χ2v) is 25.6. The first-order chi connectivity index (χ1) is 30.5. The summed E-state index contributed by atoms with van der Waals surface area (Å²) in [7, 11) is -14.8. The van der Waals surface area contributed by atoms with Gasteiger partial charge < -0.3 is 9.11 Å². The Kier molecular flexibility index (Phi) is 22.7. The SMILES string of the molecule is CS(=O)(=O)Nc1ccccc1Sc1ccccc1.CS(=O)(=O)Nc1ccccc1[S+](c1ccccc1)c1ccccc1.CS(=O)(=O)[O-].CS(=O)(=O)[O-].c1ccc([I+]c2ccccc2)cc1. The maximum Gasteiger partial charge on any atom is 0.357 e. The summed E-state index contributed by atoms with van der Waals surface area (Å²) in [4.78, 5) is 5.20. The molecule has 7 aromatic carbocycles. The number of benzene rings is 7. The van der Waals surface area contributed by atoms with E-state index in [4.69, 9.17) is 25.9 Å². The average Bonchev–Trinajstić information content (AvgIpc) is 3.23. The summed E-state index contributed by atoms with van der Waals surface area (Å²) < 4.78 is 109. The van der Waals surface area contributed by atoms with Crippen molar-refractivity contribution in [3.05, 3.63) is 207 Å². The summed E-state index contributed by atoms with van der Waals surface area (Å²) in [5.74, 6) is 0. The number of halogens is 1. The van der Waals surface area contributed by atoms with E-state index < -0.39 is 40.3 Å². The van der Waals surface area contributed by atoms with Crippen LogP contribution in [0.15, 0.2) is 225 Å². The molecule has 0 atom stereocenters. The van der Waals surface area contributed by atoms with Crippen molar-refractivity contribution in [3.63, 3.8) is 0 Å². The van der Waals surface area contributed by atoms with Gasteiger partial charge in [0.05, 0.1) is 38.4 Å². The van der Waals surface area contributed by atoms with E-state index in [1.807, 2.05) is 109 Å². The van der Waals surface area contributed by atoms with Gasteiger partial charge >= 0.3 is 21.2 Å². The molecule has 0 aliphatic carbocycles. The Morgan fingerprint density at radius 1 is 0.415 bits per heavy atom. The summed E-state index contributed by atoms with van der Waals surface area (Å²) >= 11 is 1.56. The maximum atomic E-state index is 11.7. The van der Waals surface area contributed by atoms with Crippen molar-refractivity contribution >= 4 is 74.3 Å². The Morgan fingerprint density at radius 3 is 1.12 bits per heavy atom. The fourth-order valence-corrected chi connectivity index (χ4v) is 11.6. The molecule has 0 heterocycles. The molecule has 0 bridgehead atoms. The van der Waals surface area contributed by atoms with Crippen LogP contribution in [-0.4, -0.2) is 67.8 Å². The molecule has 0 amide bonds. The fraction of sp³-hybridized carbons (Fsp3) is 0.0870. The van der Waals surface area contributed by atoms with Crippen molar-refractivity contribution in [2.45, 2.75) is 24.5 Å². The minimum absolute atomic E-state index is 0.0287. The van der Waals surface area contributed by atoms with Gasteiger partial charge in [-0.15, -0.1) is 0 Å². The minimum Gasteiger partial charge on any atom is -0.748 e. The smallest absolute Gasteiger partial charge is 0.357 e. The number of para-hydroxylation sites is 2. The summed E-state index contributed by atoms with van der Waals surface area (Å²) in [5, 5.41) is 0. The highest BCUT2D eigenvalue weighted by Crippen LogP contribution is 2.36. The van der Waals surface area contributed by atoms with E-state index >= 15 is 0 Å². The van der Waals surface area contributed by atoms with Crippen LogP contribution in [0.2, 0.25) is 0 Å². The van der Waals surface area contributed by atoms with Gasteiger partial charge in [0.25, 0.3) is 0 Å². The van der Waals surface area contributed by atoms with Gasteiger partial charge in [-0.1, -0.05) is 127 Å². The Morgan fingerprint density at radius 2 is 0.723 bits per heavy atom. The van der Waals surface area contributed by atoms with Crippen molar-refractivity contribution in [2.24, 2.45) is 0 Å². The molecule has 19 heteroatoms. The van der Waals surface area contributed by atoms with Crippen molar-refractivity contribution < 1.29 is 64.0 Å². The van der Waals surface area contributed by atoms with Gasteiger partial charge in [0.1, 0.15) is 16.6 Å². The number of sulfonamides is 2. The number of anilines is 2. The first-order valence-electron chi connectivity index (χ1n) is 18.8. The van der Waals surface area contributed by atoms with Gasteiger partial charge in [-0.2, -0.15) is 0 Å². The Labute approximate surface area is 401 Å². The summed E-state index contributed by atoms with van der Waals surface area (Å²) in [6.45, 7) is 0. The number of hydrogen-bond donors (Lipinski definition) is 2. The van der Waals surface area contributed by atoms with Crippen LogP contribution in [0.25, 0.3) is 0 Å².